The molecule has 8 heteroatoms. The number of hydrogen-bond acceptors (Lipinski definition) is 6. The minimum Gasteiger partial charge on any atom is -0.495 e. The van der Waals surface area contributed by atoms with Crippen LogP contribution in [0.25, 0.3) is 21.9 Å². The molecule has 172 valence electrons. The average molecular weight is 475 g/mol. The Morgan fingerprint density at radius 1 is 1.00 bits per heavy atom. The van der Waals surface area contributed by atoms with Crippen molar-refractivity contribution in [1.82, 2.24) is 4.90 Å². The van der Waals surface area contributed by atoms with Crippen LogP contribution in [0.3, 0.4) is 0 Å². The standard InChI is InChI=1S/C26H22N2O5S/c1-32-23-13-18-15-7-5-6-10-21(15)33-22(18)14-19(23)27-24(29)20(11-12-34-2)28-25(30)16-8-3-4-9-17(16)26(28)31/h3-10,13-14,20H,11-12H2,1-2H3,(H,27,29). The number of fused-ring (bicyclic) bond motifs is 4. The van der Waals surface area contributed by atoms with Gasteiger partial charge in [-0.05, 0) is 42.7 Å². The van der Waals surface area contributed by atoms with Gasteiger partial charge in [-0.25, -0.2) is 0 Å². The van der Waals surface area contributed by atoms with Crippen molar-refractivity contribution >= 4 is 57.1 Å². The Kier molecular flexibility index (Phi) is 5.75. The number of amides is 3. The molecule has 34 heavy (non-hydrogen) atoms. The fourth-order valence-corrected chi connectivity index (χ4v) is 4.79. The second kappa shape index (κ2) is 8.87. The molecule has 0 saturated carbocycles. The summed E-state index contributed by atoms with van der Waals surface area (Å²) in [5, 5.41) is 4.68. The molecule has 0 saturated heterocycles. The smallest absolute Gasteiger partial charge is 0.262 e. The molecule has 1 atom stereocenters. The predicted molar refractivity (Wildman–Crippen MR) is 133 cm³/mol. The molecule has 1 aliphatic rings. The van der Waals surface area contributed by atoms with E-state index < -0.39 is 23.8 Å². The van der Waals surface area contributed by atoms with Gasteiger partial charge in [0.2, 0.25) is 5.91 Å². The molecule has 1 aromatic heterocycles. The van der Waals surface area contributed by atoms with Gasteiger partial charge in [0.1, 0.15) is 23.0 Å². The second-order valence-electron chi connectivity index (χ2n) is 7.96. The van der Waals surface area contributed by atoms with Crippen LogP contribution in [0, 0.1) is 0 Å². The number of benzene rings is 3. The van der Waals surface area contributed by atoms with E-state index in [1.165, 1.54) is 7.11 Å². The van der Waals surface area contributed by atoms with E-state index in [0.29, 0.717) is 40.3 Å². The molecule has 5 rings (SSSR count). The molecule has 3 aromatic carbocycles. The van der Waals surface area contributed by atoms with Crippen LogP contribution in [0.5, 0.6) is 5.75 Å². The number of furan rings is 1. The summed E-state index contributed by atoms with van der Waals surface area (Å²) >= 11 is 1.54. The topological polar surface area (TPSA) is 88.9 Å². The summed E-state index contributed by atoms with van der Waals surface area (Å²) < 4.78 is 11.5. The summed E-state index contributed by atoms with van der Waals surface area (Å²) in [6, 6.07) is 16.8. The van der Waals surface area contributed by atoms with Crippen LogP contribution >= 0.6 is 11.8 Å². The average Bonchev–Trinajstić information content (AvgIpc) is 3.33. The van der Waals surface area contributed by atoms with Crippen LogP contribution < -0.4 is 10.1 Å². The van der Waals surface area contributed by atoms with E-state index in [1.54, 1.807) is 42.1 Å². The Hall–Kier alpha value is -3.78. The van der Waals surface area contributed by atoms with E-state index in [1.807, 2.05) is 36.6 Å². The minimum absolute atomic E-state index is 0.315. The van der Waals surface area contributed by atoms with Crippen molar-refractivity contribution in [3.8, 4) is 5.75 Å². The third-order valence-corrected chi connectivity index (χ3v) is 6.64. The lowest BCUT2D eigenvalue weighted by Gasteiger charge is -2.25. The third-order valence-electron chi connectivity index (χ3n) is 5.99. The largest absolute Gasteiger partial charge is 0.495 e. The molecule has 1 aliphatic heterocycles. The lowest BCUT2D eigenvalue weighted by Crippen LogP contribution is -2.47. The van der Waals surface area contributed by atoms with E-state index in [0.717, 1.165) is 21.3 Å². The van der Waals surface area contributed by atoms with Gasteiger partial charge < -0.3 is 14.5 Å². The normalized spacial score (nSPS) is 14.0. The highest BCUT2D eigenvalue weighted by atomic mass is 32.2. The Labute approximate surface area is 200 Å². The second-order valence-corrected chi connectivity index (χ2v) is 8.94. The quantitative estimate of drug-likeness (QED) is 0.381. The van der Waals surface area contributed by atoms with Gasteiger partial charge in [-0.15, -0.1) is 0 Å². The zero-order valence-electron chi connectivity index (χ0n) is 18.7. The number of imide groups is 1. The summed E-state index contributed by atoms with van der Waals surface area (Å²) in [4.78, 5) is 40.6. The molecule has 0 radical (unpaired) electrons. The number of hydrogen-bond donors (Lipinski definition) is 1. The molecule has 0 fully saturated rings. The maximum Gasteiger partial charge on any atom is 0.262 e. The van der Waals surface area contributed by atoms with Crippen molar-refractivity contribution in [2.75, 3.05) is 24.4 Å². The van der Waals surface area contributed by atoms with E-state index in [2.05, 4.69) is 5.32 Å². The molecular formula is C26H22N2O5S. The summed E-state index contributed by atoms with van der Waals surface area (Å²) in [6.45, 7) is 0. The summed E-state index contributed by atoms with van der Waals surface area (Å²) in [5.74, 6) is -0.315. The molecule has 1 unspecified atom stereocenters. The minimum atomic E-state index is -0.962. The van der Waals surface area contributed by atoms with Crippen LogP contribution in [0.1, 0.15) is 27.1 Å². The zero-order valence-corrected chi connectivity index (χ0v) is 19.5. The number of carbonyl (C=O) groups excluding carboxylic acids is 3. The molecule has 4 aromatic rings. The molecule has 7 nitrogen and oxygen atoms in total. The third kappa shape index (κ3) is 3.60. The highest BCUT2D eigenvalue weighted by Gasteiger charge is 2.42. The van der Waals surface area contributed by atoms with Crippen LogP contribution in [0.2, 0.25) is 0 Å². The Morgan fingerprint density at radius 2 is 1.68 bits per heavy atom. The molecule has 3 amide bonds. The molecule has 0 spiro atoms. The SMILES string of the molecule is COc1cc2c(cc1NC(=O)C(CCSC)N1C(=O)c3ccccc3C1=O)oc1ccccc12. The van der Waals surface area contributed by atoms with Gasteiger partial charge in [0.25, 0.3) is 11.8 Å². The number of carbonyl (C=O) groups is 3. The number of anilines is 1. The fraction of sp³-hybridized carbons (Fsp3) is 0.192. The summed E-state index contributed by atoms with van der Waals surface area (Å²) in [7, 11) is 1.52. The first-order valence-corrected chi connectivity index (χ1v) is 12.2. The lowest BCUT2D eigenvalue weighted by atomic mass is 10.1. The number of methoxy groups -OCH3 is 1. The molecule has 0 aliphatic carbocycles. The van der Waals surface area contributed by atoms with Gasteiger partial charge in [-0.2, -0.15) is 11.8 Å². The lowest BCUT2D eigenvalue weighted by molar-refractivity contribution is -0.120. The molecular weight excluding hydrogens is 452 g/mol. The van der Waals surface area contributed by atoms with E-state index >= 15 is 0 Å². The first kappa shape index (κ1) is 22.0. The summed E-state index contributed by atoms with van der Waals surface area (Å²) in [5.41, 5.74) is 2.36. The number of para-hydroxylation sites is 1. The van der Waals surface area contributed by atoms with E-state index in [-0.39, 0.29) is 0 Å². The number of nitrogens with one attached hydrogen (secondary N) is 1. The van der Waals surface area contributed by atoms with Crippen LogP contribution in [0.4, 0.5) is 5.69 Å². The monoisotopic (exact) mass is 474 g/mol. The summed E-state index contributed by atoms with van der Waals surface area (Å²) in [6.07, 6.45) is 2.24. The predicted octanol–water partition coefficient (Wildman–Crippen LogP) is 4.95. The van der Waals surface area contributed by atoms with Gasteiger partial charge >= 0.3 is 0 Å². The highest BCUT2D eigenvalue weighted by molar-refractivity contribution is 7.98. The maximum absolute atomic E-state index is 13.5. The van der Waals surface area contributed by atoms with Gasteiger partial charge in [0.15, 0.2) is 0 Å². The number of rotatable bonds is 7. The van der Waals surface area contributed by atoms with Crippen LogP contribution in [-0.4, -0.2) is 47.8 Å². The number of thioether (sulfide) groups is 1. The van der Waals surface area contributed by atoms with Crippen molar-refractivity contribution < 1.29 is 23.5 Å². The van der Waals surface area contributed by atoms with Crippen LogP contribution in [-0.2, 0) is 4.79 Å². The first-order chi connectivity index (χ1) is 16.5. The van der Waals surface area contributed by atoms with E-state index in [9.17, 15) is 14.4 Å². The van der Waals surface area contributed by atoms with Gasteiger partial charge in [0, 0.05) is 16.8 Å². The van der Waals surface area contributed by atoms with Crippen molar-refractivity contribution in [3.05, 3.63) is 71.8 Å². The Morgan fingerprint density at radius 3 is 2.35 bits per heavy atom. The van der Waals surface area contributed by atoms with E-state index in [4.69, 9.17) is 9.15 Å². The number of ether oxygens (including phenoxy) is 1. The number of nitrogens with zero attached hydrogens (tertiary/aromatic N) is 1. The Balaban J connectivity index is 1.50. The Bertz CT molecular complexity index is 1410. The van der Waals surface area contributed by atoms with Gasteiger partial charge in [-0.3, -0.25) is 19.3 Å². The fourth-order valence-electron chi connectivity index (χ4n) is 4.33. The first-order valence-electron chi connectivity index (χ1n) is 10.8. The maximum atomic E-state index is 13.5. The highest BCUT2D eigenvalue weighted by Crippen LogP contribution is 2.37. The zero-order chi connectivity index (χ0) is 23.8. The molecule has 0 bridgehead atoms. The van der Waals surface area contributed by atoms with Crippen molar-refractivity contribution in [2.24, 2.45) is 0 Å². The van der Waals surface area contributed by atoms with Crippen molar-refractivity contribution in [3.63, 3.8) is 0 Å². The van der Waals surface area contributed by atoms with Crippen molar-refractivity contribution in [2.45, 2.75) is 12.5 Å². The van der Waals surface area contributed by atoms with Gasteiger partial charge in [-0.1, -0.05) is 30.3 Å². The molecule has 2 heterocycles. The van der Waals surface area contributed by atoms with Gasteiger partial charge in [0.05, 0.1) is 23.9 Å². The van der Waals surface area contributed by atoms with Crippen molar-refractivity contribution in [1.29, 1.82) is 0 Å². The van der Waals surface area contributed by atoms with Crippen LogP contribution in [0.15, 0.2) is 65.1 Å². The molecule has 1 N–H and O–H groups in total.